The first-order chi connectivity index (χ1) is 7.59. The number of rotatable bonds is 5. The Balaban J connectivity index is 2.38. The van der Waals surface area contributed by atoms with Crippen molar-refractivity contribution < 1.29 is 14.7 Å². The van der Waals surface area contributed by atoms with E-state index in [2.05, 4.69) is 15.3 Å². The predicted molar refractivity (Wildman–Crippen MR) is 56.0 cm³/mol. The lowest BCUT2D eigenvalue weighted by Gasteiger charge is -2.03. The van der Waals surface area contributed by atoms with Gasteiger partial charge in [-0.15, -0.1) is 0 Å². The van der Waals surface area contributed by atoms with Crippen molar-refractivity contribution in [3.05, 3.63) is 23.8 Å². The first-order valence-electron chi connectivity index (χ1n) is 4.88. The maximum atomic E-state index is 11.5. The molecule has 1 aromatic rings. The number of carbonyl (C=O) groups is 2. The molecule has 0 unspecified atom stereocenters. The molecule has 0 fully saturated rings. The largest absolute Gasteiger partial charge is 0.481 e. The third kappa shape index (κ3) is 4.04. The van der Waals surface area contributed by atoms with E-state index in [1.807, 2.05) is 0 Å². The highest BCUT2D eigenvalue weighted by Crippen LogP contribution is 1.96. The Morgan fingerprint density at radius 3 is 2.81 bits per heavy atom. The first kappa shape index (κ1) is 12.1. The van der Waals surface area contributed by atoms with E-state index in [1.165, 1.54) is 6.33 Å². The maximum Gasteiger partial charge on any atom is 0.303 e. The second-order valence-corrected chi connectivity index (χ2v) is 3.30. The van der Waals surface area contributed by atoms with Gasteiger partial charge in [0.15, 0.2) is 0 Å². The number of nitrogens with zero attached hydrogens (tertiary/aromatic N) is 2. The SMILES string of the molecule is Cc1cc(C(=O)NCCCC(=O)O)ncn1. The second kappa shape index (κ2) is 5.79. The van der Waals surface area contributed by atoms with E-state index in [1.54, 1.807) is 13.0 Å². The fraction of sp³-hybridized carbons (Fsp3) is 0.400. The summed E-state index contributed by atoms with van der Waals surface area (Å²) in [4.78, 5) is 29.4. The molecule has 1 aromatic heterocycles. The zero-order valence-electron chi connectivity index (χ0n) is 8.93. The molecule has 2 N–H and O–H groups in total. The summed E-state index contributed by atoms with van der Waals surface area (Å²) in [6, 6.07) is 1.58. The van der Waals surface area contributed by atoms with Crippen LogP contribution < -0.4 is 5.32 Å². The van der Waals surface area contributed by atoms with Crippen molar-refractivity contribution in [2.45, 2.75) is 19.8 Å². The van der Waals surface area contributed by atoms with Crippen LogP contribution in [0.4, 0.5) is 0 Å². The quantitative estimate of drug-likeness (QED) is 0.704. The summed E-state index contributed by atoms with van der Waals surface area (Å²) in [5.41, 5.74) is 1.01. The van der Waals surface area contributed by atoms with E-state index in [0.717, 1.165) is 0 Å². The average molecular weight is 223 g/mol. The van der Waals surface area contributed by atoms with Crippen LogP contribution in [-0.4, -0.2) is 33.5 Å². The first-order valence-corrected chi connectivity index (χ1v) is 4.88. The molecule has 0 saturated carbocycles. The molecule has 6 heteroatoms. The lowest BCUT2D eigenvalue weighted by Crippen LogP contribution is -2.25. The molecule has 0 aliphatic rings. The summed E-state index contributed by atoms with van der Waals surface area (Å²) in [6.07, 6.45) is 1.77. The van der Waals surface area contributed by atoms with Gasteiger partial charge < -0.3 is 10.4 Å². The lowest BCUT2D eigenvalue weighted by atomic mass is 10.3. The minimum absolute atomic E-state index is 0.0447. The fourth-order valence-corrected chi connectivity index (χ4v) is 1.11. The molecule has 0 atom stereocenters. The summed E-state index contributed by atoms with van der Waals surface area (Å²) < 4.78 is 0. The molecular weight excluding hydrogens is 210 g/mol. The fourth-order valence-electron chi connectivity index (χ4n) is 1.11. The summed E-state index contributed by atoms with van der Waals surface area (Å²) in [5.74, 6) is -1.18. The molecule has 1 heterocycles. The Kier molecular flexibility index (Phi) is 4.38. The van der Waals surface area contributed by atoms with Gasteiger partial charge in [0.05, 0.1) is 0 Å². The summed E-state index contributed by atoms with van der Waals surface area (Å²) in [6.45, 7) is 2.09. The average Bonchev–Trinajstić information content (AvgIpc) is 2.24. The summed E-state index contributed by atoms with van der Waals surface area (Å²) in [5, 5.41) is 11.0. The van der Waals surface area contributed by atoms with Gasteiger partial charge in [0.1, 0.15) is 12.0 Å². The highest BCUT2D eigenvalue weighted by atomic mass is 16.4. The van der Waals surface area contributed by atoms with Crippen molar-refractivity contribution in [1.29, 1.82) is 0 Å². The molecule has 0 saturated heterocycles. The van der Waals surface area contributed by atoms with Gasteiger partial charge in [-0.25, -0.2) is 9.97 Å². The number of hydrogen-bond donors (Lipinski definition) is 2. The third-order valence-corrected chi connectivity index (χ3v) is 1.89. The van der Waals surface area contributed by atoms with Crippen molar-refractivity contribution in [3.63, 3.8) is 0 Å². The number of carboxylic acids is 1. The van der Waals surface area contributed by atoms with E-state index in [9.17, 15) is 9.59 Å². The van der Waals surface area contributed by atoms with Crippen LogP contribution in [0.3, 0.4) is 0 Å². The van der Waals surface area contributed by atoms with Crippen molar-refractivity contribution in [2.24, 2.45) is 0 Å². The van der Waals surface area contributed by atoms with Gasteiger partial charge in [0, 0.05) is 18.7 Å². The number of carbonyl (C=O) groups excluding carboxylic acids is 1. The molecule has 86 valence electrons. The minimum Gasteiger partial charge on any atom is -0.481 e. The normalized spacial score (nSPS) is 9.81. The zero-order valence-corrected chi connectivity index (χ0v) is 8.93. The topological polar surface area (TPSA) is 92.2 Å². The number of carboxylic acid groups (broad SMARTS) is 1. The Hall–Kier alpha value is -1.98. The van der Waals surface area contributed by atoms with Crippen LogP contribution in [0.15, 0.2) is 12.4 Å². The van der Waals surface area contributed by atoms with Crippen LogP contribution in [0.1, 0.15) is 29.0 Å². The van der Waals surface area contributed by atoms with Crippen LogP contribution >= 0.6 is 0 Å². The smallest absolute Gasteiger partial charge is 0.303 e. The molecule has 0 bridgehead atoms. The number of hydrogen-bond acceptors (Lipinski definition) is 4. The monoisotopic (exact) mass is 223 g/mol. The van der Waals surface area contributed by atoms with Crippen LogP contribution in [0, 0.1) is 6.92 Å². The summed E-state index contributed by atoms with van der Waals surface area (Å²) >= 11 is 0. The van der Waals surface area contributed by atoms with Crippen LogP contribution in [0.25, 0.3) is 0 Å². The van der Waals surface area contributed by atoms with Gasteiger partial charge in [-0.1, -0.05) is 0 Å². The highest BCUT2D eigenvalue weighted by Gasteiger charge is 2.06. The molecule has 16 heavy (non-hydrogen) atoms. The zero-order chi connectivity index (χ0) is 12.0. The molecular formula is C10H13N3O3. The van der Waals surface area contributed by atoms with Gasteiger partial charge >= 0.3 is 5.97 Å². The van der Waals surface area contributed by atoms with Gasteiger partial charge in [0.25, 0.3) is 5.91 Å². The Bertz CT molecular complexity index is 393. The number of nitrogens with one attached hydrogen (secondary N) is 1. The van der Waals surface area contributed by atoms with Gasteiger partial charge in [0.2, 0.25) is 0 Å². The Labute approximate surface area is 92.7 Å². The molecule has 6 nitrogen and oxygen atoms in total. The third-order valence-electron chi connectivity index (χ3n) is 1.89. The Morgan fingerprint density at radius 2 is 2.19 bits per heavy atom. The van der Waals surface area contributed by atoms with Crippen molar-refractivity contribution in [2.75, 3.05) is 6.54 Å². The van der Waals surface area contributed by atoms with Crippen LogP contribution in [0.5, 0.6) is 0 Å². The number of amides is 1. The maximum absolute atomic E-state index is 11.5. The minimum atomic E-state index is -0.868. The lowest BCUT2D eigenvalue weighted by molar-refractivity contribution is -0.137. The van der Waals surface area contributed by atoms with Gasteiger partial charge in [-0.05, 0) is 19.4 Å². The van der Waals surface area contributed by atoms with Crippen molar-refractivity contribution >= 4 is 11.9 Å². The van der Waals surface area contributed by atoms with Gasteiger partial charge in [-0.3, -0.25) is 9.59 Å². The van der Waals surface area contributed by atoms with Crippen molar-refractivity contribution in [3.8, 4) is 0 Å². The number of aryl methyl sites for hydroxylation is 1. The molecule has 0 aromatic carbocycles. The second-order valence-electron chi connectivity index (χ2n) is 3.30. The molecule has 1 rings (SSSR count). The predicted octanol–water partition coefficient (Wildman–Crippen LogP) is 0.380. The summed E-state index contributed by atoms with van der Waals surface area (Å²) in [7, 11) is 0. The standard InChI is InChI=1S/C10H13N3O3/c1-7-5-8(13-6-12-7)10(16)11-4-2-3-9(14)15/h5-6H,2-4H2,1H3,(H,11,16)(H,14,15). The molecule has 0 aliphatic heterocycles. The Morgan fingerprint density at radius 1 is 1.44 bits per heavy atom. The number of aliphatic carboxylic acids is 1. The van der Waals surface area contributed by atoms with Crippen LogP contribution in [0.2, 0.25) is 0 Å². The van der Waals surface area contributed by atoms with Crippen molar-refractivity contribution in [1.82, 2.24) is 15.3 Å². The van der Waals surface area contributed by atoms with E-state index >= 15 is 0 Å². The van der Waals surface area contributed by atoms with E-state index in [4.69, 9.17) is 5.11 Å². The van der Waals surface area contributed by atoms with E-state index < -0.39 is 5.97 Å². The molecule has 0 spiro atoms. The van der Waals surface area contributed by atoms with Gasteiger partial charge in [-0.2, -0.15) is 0 Å². The van der Waals surface area contributed by atoms with E-state index in [0.29, 0.717) is 24.4 Å². The molecule has 0 radical (unpaired) electrons. The molecule has 0 aliphatic carbocycles. The van der Waals surface area contributed by atoms with E-state index in [-0.39, 0.29) is 12.3 Å². The highest BCUT2D eigenvalue weighted by molar-refractivity contribution is 5.92. The number of aromatic nitrogens is 2. The molecule has 1 amide bonds. The van der Waals surface area contributed by atoms with Crippen LogP contribution in [-0.2, 0) is 4.79 Å².